The van der Waals surface area contributed by atoms with Crippen LogP contribution in [0.2, 0.25) is 0 Å². The Balaban J connectivity index is 1.92. The topological polar surface area (TPSA) is 157 Å². The third kappa shape index (κ3) is 8.98. The Bertz CT molecular complexity index is 841. The minimum atomic E-state index is -1.02. The van der Waals surface area contributed by atoms with Gasteiger partial charge in [0.05, 0.1) is 22.3 Å². The molecule has 2 rings (SSSR count). The Kier molecular flexibility index (Phi) is 10.5. The zero-order chi connectivity index (χ0) is 23.3. The summed E-state index contributed by atoms with van der Waals surface area (Å²) in [5.41, 5.74) is 11.3. The molecule has 0 fully saturated rings. The molecular formula is C20H22N4O6S2. The van der Waals surface area contributed by atoms with Crippen LogP contribution in [0.25, 0.3) is 0 Å². The molecule has 10 nitrogen and oxygen atoms in total. The van der Waals surface area contributed by atoms with Crippen molar-refractivity contribution in [2.75, 3.05) is 11.5 Å². The summed E-state index contributed by atoms with van der Waals surface area (Å²) in [5.74, 6) is -4.48. The van der Waals surface area contributed by atoms with Gasteiger partial charge in [-0.05, 0) is 11.1 Å². The van der Waals surface area contributed by atoms with Gasteiger partial charge in [0.15, 0.2) is 0 Å². The average Bonchev–Trinajstić information content (AvgIpc) is 2.79. The third-order valence-corrected chi connectivity index (χ3v) is 6.07. The molecule has 0 unspecified atom stereocenters. The summed E-state index contributed by atoms with van der Waals surface area (Å²) in [6.45, 7) is 0. The molecule has 0 heterocycles. The number of rotatable bonds is 12. The number of amides is 2. The molecule has 2 aromatic rings. The summed E-state index contributed by atoms with van der Waals surface area (Å²) in [6.07, 6.45) is 0. The minimum absolute atomic E-state index is 0.213. The van der Waals surface area contributed by atoms with Crippen LogP contribution in [0.4, 0.5) is 0 Å². The lowest BCUT2D eigenvalue weighted by atomic mass is 10.2. The number of nitrogens with one attached hydrogen (secondary N) is 4. The van der Waals surface area contributed by atoms with E-state index in [-0.39, 0.29) is 11.5 Å². The van der Waals surface area contributed by atoms with Crippen LogP contribution >= 0.6 is 23.5 Å². The molecule has 0 aliphatic carbocycles. The maximum Gasteiger partial charge on any atom is 0.324 e. The van der Waals surface area contributed by atoms with E-state index in [0.717, 1.165) is 23.5 Å². The minimum Gasteiger partial charge on any atom is -0.481 e. The van der Waals surface area contributed by atoms with E-state index in [2.05, 4.69) is 21.7 Å². The van der Waals surface area contributed by atoms with Gasteiger partial charge in [-0.2, -0.15) is 0 Å². The molecule has 0 aliphatic rings. The van der Waals surface area contributed by atoms with Crippen molar-refractivity contribution in [1.82, 2.24) is 21.7 Å². The number of hydrogen-bond acceptors (Lipinski definition) is 8. The van der Waals surface area contributed by atoms with Gasteiger partial charge in [0.2, 0.25) is 0 Å². The highest BCUT2D eigenvalue weighted by Gasteiger charge is 2.20. The van der Waals surface area contributed by atoms with E-state index < -0.39 is 34.5 Å². The second-order valence-electron chi connectivity index (χ2n) is 6.19. The molecule has 0 saturated carbocycles. The Labute approximate surface area is 192 Å². The summed E-state index contributed by atoms with van der Waals surface area (Å²) >= 11 is 2.06. The number of thioether (sulfide) groups is 2. The van der Waals surface area contributed by atoms with Crippen LogP contribution in [0.5, 0.6) is 0 Å². The molecule has 0 spiro atoms. The molecule has 2 atom stereocenters. The van der Waals surface area contributed by atoms with Gasteiger partial charge in [-0.15, -0.1) is 23.5 Å². The quantitative estimate of drug-likeness (QED) is 0.149. The van der Waals surface area contributed by atoms with Crippen molar-refractivity contribution in [3.63, 3.8) is 0 Å². The number of hydrazine groups is 2. The summed E-state index contributed by atoms with van der Waals surface area (Å²) < 4.78 is 0. The molecule has 2 aromatic carbocycles. The first kappa shape index (κ1) is 25.2. The maximum atomic E-state index is 12.2. The van der Waals surface area contributed by atoms with Gasteiger partial charge in [-0.1, -0.05) is 60.7 Å². The van der Waals surface area contributed by atoms with E-state index in [0.29, 0.717) is 11.1 Å². The Morgan fingerprint density at radius 2 is 1.00 bits per heavy atom. The normalized spacial score (nSPS) is 12.4. The van der Waals surface area contributed by atoms with Crippen molar-refractivity contribution in [1.29, 1.82) is 0 Å². The lowest BCUT2D eigenvalue weighted by Gasteiger charge is -2.20. The van der Waals surface area contributed by atoms with E-state index in [1.165, 1.54) is 0 Å². The Morgan fingerprint density at radius 1 is 0.656 bits per heavy atom. The summed E-state index contributed by atoms with van der Waals surface area (Å²) in [5, 5.41) is 16.6. The third-order valence-electron chi connectivity index (χ3n) is 3.79. The van der Waals surface area contributed by atoms with Crippen LogP contribution in [0, 0.1) is 0 Å². The van der Waals surface area contributed by atoms with Gasteiger partial charge in [-0.3, -0.25) is 30.0 Å². The highest BCUT2D eigenvalue weighted by Crippen LogP contribution is 2.26. The van der Waals surface area contributed by atoms with Crippen molar-refractivity contribution >= 4 is 47.3 Å². The zero-order valence-electron chi connectivity index (χ0n) is 16.7. The second kappa shape index (κ2) is 13.4. The van der Waals surface area contributed by atoms with Crippen LogP contribution in [-0.2, 0) is 19.2 Å². The van der Waals surface area contributed by atoms with Crippen molar-refractivity contribution < 1.29 is 29.4 Å². The standard InChI is InChI=1S/C20H22N4O6S2/c25-15(26)11-31-19(13-7-3-1-4-8-13)23-21-17(29)18(30)22-24-20(32-12-16(27)28)14-9-5-2-6-10-14/h1-10,19-20,23-24H,11-12H2,(H,21,29)(H,22,30)(H,25,26)(H,27,28)/t19-,20-/m0/s1. The number of carbonyl (C=O) groups excluding carboxylic acids is 2. The van der Waals surface area contributed by atoms with Crippen LogP contribution in [0.1, 0.15) is 21.9 Å². The predicted octanol–water partition coefficient (Wildman–Crippen LogP) is 1.26. The first-order valence-electron chi connectivity index (χ1n) is 9.25. The number of aliphatic carboxylic acids is 2. The van der Waals surface area contributed by atoms with Crippen LogP contribution < -0.4 is 21.7 Å². The summed E-state index contributed by atoms with van der Waals surface area (Å²) in [4.78, 5) is 46.2. The second-order valence-corrected chi connectivity index (χ2v) is 8.37. The number of carboxylic acid groups (broad SMARTS) is 2. The molecule has 32 heavy (non-hydrogen) atoms. The first-order chi connectivity index (χ1) is 15.4. The van der Waals surface area contributed by atoms with Crippen molar-refractivity contribution in [3.05, 3.63) is 71.8 Å². The lowest BCUT2D eigenvalue weighted by Crippen LogP contribution is -2.51. The van der Waals surface area contributed by atoms with E-state index in [1.807, 2.05) is 0 Å². The van der Waals surface area contributed by atoms with Crippen molar-refractivity contribution in [3.8, 4) is 0 Å². The average molecular weight is 479 g/mol. The molecule has 0 aliphatic heterocycles. The van der Waals surface area contributed by atoms with Crippen molar-refractivity contribution in [2.24, 2.45) is 0 Å². The fourth-order valence-electron chi connectivity index (χ4n) is 2.38. The highest BCUT2D eigenvalue weighted by molar-refractivity contribution is 8.00. The fraction of sp³-hybridized carbons (Fsp3) is 0.200. The van der Waals surface area contributed by atoms with Gasteiger partial charge in [0, 0.05) is 0 Å². The maximum absolute atomic E-state index is 12.2. The van der Waals surface area contributed by atoms with Gasteiger partial charge >= 0.3 is 23.8 Å². The lowest BCUT2D eigenvalue weighted by molar-refractivity contribution is -0.140. The molecule has 0 aromatic heterocycles. The van der Waals surface area contributed by atoms with Gasteiger partial charge < -0.3 is 10.2 Å². The molecule has 0 radical (unpaired) electrons. The van der Waals surface area contributed by atoms with E-state index >= 15 is 0 Å². The van der Waals surface area contributed by atoms with E-state index in [9.17, 15) is 19.2 Å². The van der Waals surface area contributed by atoms with Crippen LogP contribution in [-0.4, -0.2) is 45.5 Å². The zero-order valence-corrected chi connectivity index (χ0v) is 18.3. The van der Waals surface area contributed by atoms with Crippen LogP contribution in [0.15, 0.2) is 60.7 Å². The van der Waals surface area contributed by atoms with Gasteiger partial charge in [0.1, 0.15) is 0 Å². The Hall–Kier alpha value is -3.06. The number of benzene rings is 2. The van der Waals surface area contributed by atoms with E-state index in [4.69, 9.17) is 10.2 Å². The Morgan fingerprint density at radius 3 is 1.31 bits per heavy atom. The largest absolute Gasteiger partial charge is 0.481 e. The molecule has 2 amide bonds. The number of carbonyl (C=O) groups is 4. The highest BCUT2D eigenvalue weighted by atomic mass is 32.2. The van der Waals surface area contributed by atoms with Crippen LogP contribution in [0.3, 0.4) is 0 Å². The predicted molar refractivity (Wildman–Crippen MR) is 121 cm³/mol. The molecule has 12 heteroatoms. The summed E-state index contributed by atoms with van der Waals surface area (Å²) in [6, 6.07) is 17.7. The molecular weight excluding hydrogens is 456 g/mol. The molecule has 0 bridgehead atoms. The summed E-state index contributed by atoms with van der Waals surface area (Å²) in [7, 11) is 0. The smallest absolute Gasteiger partial charge is 0.324 e. The first-order valence-corrected chi connectivity index (χ1v) is 11.3. The van der Waals surface area contributed by atoms with Gasteiger partial charge in [-0.25, -0.2) is 10.9 Å². The monoisotopic (exact) mass is 478 g/mol. The SMILES string of the molecule is O=C(O)CS[C@H](NNC(=O)C(=O)NN[C@@H](SCC(=O)O)c1ccccc1)c1ccccc1. The number of hydrogen-bond donors (Lipinski definition) is 6. The van der Waals surface area contributed by atoms with Crippen molar-refractivity contribution in [2.45, 2.75) is 10.7 Å². The molecule has 6 N–H and O–H groups in total. The van der Waals surface area contributed by atoms with Gasteiger partial charge in [0.25, 0.3) is 0 Å². The van der Waals surface area contributed by atoms with E-state index in [1.54, 1.807) is 60.7 Å². The number of carboxylic acids is 2. The molecule has 170 valence electrons. The molecule has 0 saturated heterocycles. The fourth-order valence-corrected chi connectivity index (χ4v) is 3.99.